The normalized spacial score (nSPS) is 10.5. The van der Waals surface area contributed by atoms with Crippen LogP contribution in [0.4, 0.5) is 0 Å². The molecule has 2 rings (SSSR count). The second-order valence-corrected chi connectivity index (χ2v) is 3.88. The molecule has 0 radical (unpaired) electrons. The van der Waals surface area contributed by atoms with Gasteiger partial charge in [0.2, 0.25) is 0 Å². The van der Waals surface area contributed by atoms with Crippen molar-refractivity contribution in [3.63, 3.8) is 0 Å². The standard InChI is InChI=1S/C13H16N2/c1-11-10-13(15-14-11)9-5-8-12-6-3-2-4-7-12/h2-4,6-7,10H,5,8-9H2,1H3,(H,14,15). The minimum atomic E-state index is 1.05. The number of hydrogen-bond donors (Lipinski definition) is 1. The van der Waals surface area contributed by atoms with Crippen LogP contribution >= 0.6 is 0 Å². The van der Waals surface area contributed by atoms with E-state index in [1.807, 2.05) is 6.92 Å². The van der Waals surface area contributed by atoms with Gasteiger partial charge >= 0.3 is 0 Å². The molecule has 2 nitrogen and oxygen atoms in total. The first-order valence-electron chi connectivity index (χ1n) is 5.39. The second kappa shape index (κ2) is 4.78. The van der Waals surface area contributed by atoms with Crippen LogP contribution in [0.25, 0.3) is 0 Å². The summed E-state index contributed by atoms with van der Waals surface area (Å²) in [6, 6.07) is 12.7. The van der Waals surface area contributed by atoms with E-state index in [-0.39, 0.29) is 0 Å². The van der Waals surface area contributed by atoms with E-state index in [2.05, 4.69) is 46.6 Å². The molecular formula is C13H16N2. The lowest BCUT2D eigenvalue weighted by atomic mass is 10.1. The molecule has 2 heteroatoms. The maximum atomic E-state index is 4.22. The Labute approximate surface area is 90.3 Å². The van der Waals surface area contributed by atoms with E-state index in [4.69, 9.17) is 0 Å². The topological polar surface area (TPSA) is 28.7 Å². The monoisotopic (exact) mass is 200 g/mol. The van der Waals surface area contributed by atoms with Crippen LogP contribution in [0.3, 0.4) is 0 Å². The molecule has 0 aliphatic heterocycles. The lowest BCUT2D eigenvalue weighted by Gasteiger charge is -1.98. The van der Waals surface area contributed by atoms with E-state index in [0.717, 1.165) is 25.0 Å². The third kappa shape index (κ3) is 2.94. The summed E-state index contributed by atoms with van der Waals surface area (Å²) in [6.07, 6.45) is 3.35. The van der Waals surface area contributed by atoms with Gasteiger partial charge in [-0.25, -0.2) is 0 Å². The van der Waals surface area contributed by atoms with Crippen molar-refractivity contribution < 1.29 is 0 Å². The Morgan fingerprint density at radius 1 is 1.13 bits per heavy atom. The molecule has 1 aromatic heterocycles. The molecule has 0 amide bonds. The van der Waals surface area contributed by atoms with E-state index < -0.39 is 0 Å². The number of nitrogens with one attached hydrogen (secondary N) is 1. The van der Waals surface area contributed by atoms with Gasteiger partial charge in [-0.3, -0.25) is 5.10 Å². The molecule has 0 bridgehead atoms. The molecule has 0 atom stereocenters. The Kier molecular flexibility index (Phi) is 3.18. The molecule has 2 aromatic rings. The summed E-state index contributed by atoms with van der Waals surface area (Å²) in [7, 11) is 0. The van der Waals surface area contributed by atoms with Crippen molar-refractivity contribution in [3.05, 3.63) is 53.3 Å². The first-order valence-corrected chi connectivity index (χ1v) is 5.39. The van der Waals surface area contributed by atoms with Crippen LogP contribution in [-0.4, -0.2) is 10.2 Å². The van der Waals surface area contributed by atoms with Crippen LogP contribution in [0.2, 0.25) is 0 Å². The minimum absolute atomic E-state index is 1.05. The predicted molar refractivity (Wildman–Crippen MR) is 61.8 cm³/mol. The number of H-pyrrole nitrogens is 1. The molecule has 0 saturated carbocycles. The Morgan fingerprint density at radius 3 is 2.60 bits per heavy atom. The van der Waals surface area contributed by atoms with Crippen LogP contribution in [0.5, 0.6) is 0 Å². The maximum absolute atomic E-state index is 4.22. The van der Waals surface area contributed by atoms with Crippen molar-refractivity contribution in [1.82, 2.24) is 10.2 Å². The van der Waals surface area contributed by atoms with Crippen LogP contribution in [0.1, 0.15) is 23.4 Å². The molecule has 15 heavy (non-hydrogen) atoms. The van der Waals surface area contributed by atoms with Gasteiger partial charge in [-0.05, 0) is 37.8 Å². The number of hydrogen-bond acceptors (Lipinski definition) is 1. The fourth-order valence-electron chi connectivity index (χ4n) is 1.72. The van der Waals surface area contributed by atoms with Gasteiger partial charge in [0.05, 0.1) is 5.69 Å². The molecule has 1 aromatic carbocycles. The molecule has 0 aliphatic carbocycles. The zero-order valence-corrected chi connectivity index (χ0v) is 9.03. The van der Waals surface area contributed by atoms with Gasteiger partial charge in [-0.1, -0.05) is 30.3 Å². The van der Waals surface area contributed by atoms with E-state index in [1.165, 1.54) is 11.3 Å². The number of aromatic nitrogens is 2. The molecule has 0 fully saturated rings. The number of nitrogens with zero attached hydrogens (tertiary/aromatic N) is 1. The summed E-state index contributed by atoms with van der Waals surface area (Å²) in [4.78, 5) is 0. The summed E-state index contributed by atoms with van der Waals surface area (Å²) in [5.74, 6) is 0. The van der Waals surface area contributed by atoms with Crippen LogP contribution in [0.15, 0.2) is 36.4 Å². The molecule has 0 spiro atoms. The van der Waals surface area contributed by atoms with Crippen LogP contribution < -0.4 is 0 Å². The molecule has 0 unspecified atom stereocenters. The fraction of sp³-hybridized carbons (Fsp3) is 0.308. The Hall–Kier alpha value is -1.57. The average Bonchev–Trinajstić information content (AvgIpc) is 2.66. The van der Waals surface area contributed by atoms with Crippen molar-refractivity contribution in [2.75, 3.05) is 0 Å². The zero-order valence-electron chi connectivity index (χ0n) is 9.03. The average molecular weight is 200 g/mol. The summed E-state index contributed by atoms with van der Waals surface area (Å²) in [5, 5.41) is 7.19. The second-order valence-electron chi connectivity index (χ2n) is 3.88. The quantitative estimate of drug-likeness (QED) is 0.807. The number of aryl methyl sites for hydroxylation is 3. The molecular weight excluding hydrogens is 184 g/mol. The Balaban J connectivity index is 1.80. The highest BCUT2D eigenvalue weighted by atomic mass is 15.1. The maximum Gasteiger partial charge on any atom is 0.0625 e. The minimum Gasteiger partial charge on any atom is -0.283 e. The molecule has 0 aliphatic rings. The lowest BCUT2D eigenvalue weighted by molar-refractivity contribution is 0.792. The van der Waals surface area contributed by atoms with Gasteiger partial charge in [-0.2, -0.15) is 5.10 Å². The molecule has 78 valence electrons. The smallest absolute Gasteiger partial charge is 0.0625 e. The van der Waals surface area contributed by atoms with Gasteiger partial charge in [0.15, 0.2) is 0 Å². The third-order valence-electron chi connectivity index (χ3n) is 2.50. The highest BCUT2D eigenvalue weighted by molar-refractivity contribution is 5.15. The van der Waals surface area contributed by atoms with Crippen molar-refractivity contribution >= 4 is 0 Å². The van der Waals surface area contributed by atoms with Crippen LogP contribution in [0, 0.1) is 6.92 Å². The largest absolute Gasteiger partial charge is 0.283 e. The van der Waals surface area contributed by atoms with Crippen molar-refractivity contribution in [3.8, 4) is 0 Å². The van der Waals surface area contributed by atoms with Crippen molar-refractivity contribution in [2.45, 2.75) is 26.2 Å². The lowest BCUT2D eigenvalue weighted by Crippen LogP contribution is -1.90. The Morgan fingerprint density at radius 2 is 1.93 bits per heavy atom. The summed E-state index contributed by atoms with van der Waals surface area (Å²) in [5.41, 5.74) is 3.72. The van der Waals surface area contributed by atoms with Crippen molar-refractivity contribution in [2.24, 2.45) is 0 Å². The van der Waals surface area contributed by atoms with Crippen molar-refractivity contribution in [1.29, 1.82) is 0 Å². The molecule has 1 N–H and O–H groups in total. The van der Waals surface area contributed by atoms with Gasteiger partial charge in [0.25, 0.3) is 0 Å². The number of benzene rings is 1. The Bertz CT molecular complexity index is 403. The summed E-state index contributed by atoms with van der Waals surface area (Å²) >= 11 is 0. The van der Waals surface area contributed by atoms with E-state index in [0.29, 0.717) is 0 Å². The van der Waals surface area contributed by atoms with Gasteiger partial charge in [-0.15, -0.1) is 0 Å². The van der Waals surface area contributed by atoms with E-state index in [1.54, 1.807) is 0 Å². The highest BCUT2D eigenvalue weighted by Crippen LogP contribution is 2.07. The van der Waals surface area contributed by atoms with Gasteiger partial charge < -0.3 is 0 Å². The highest BCUT2D eigenvalue weighted by Gasteiger charge is 1.98. The zero-order chi connectivity index (χ0) is 10.5. The predicted octanol–water partition coefficient (Wildman–Crippen LogP) is 2.89. The van der Waals surface area contributed by atoms with E-state index in [9.17, 15) is 0 Å². The van der Waals surface area contributed by atoms with Crippen LogP contribution in [-0.2, 0) is 12.8 Å². The van der Waals surface area contributed by atoms with Gasteiger partial charge in [0, 0.05) is 5.69 Å². The third-order valence-corrected chi connectivity index (χ3v) is 2.50. The fourth-order valence-corrected chi connectivity index (χ4v) is 1.72. The SMILES string of the molecule is Cc1cc(CCCc2ccccc2)n[nH]1. The number of aromatic amines is 1. The first kappa shape index (κ1) is 9.97. The first-order chi connectivity index (χ1) is 7.34. The van der Waals surface area contributed by atoms with E-state index >= 15 is 0 Å². The number of rotatable bonds is 4. The molecule has 0 saturated heterocycles. The summed E-state index contributed by atoms with van der Waals surface area (Å²) < 4.78 is 0. The molecule has 1 heterocycles. The van der Waals surface area contributed by atoms with Gasteiger partial charge in [0.1, 0.15) is 0 Å². The summed E-state index contributed by atoms with van der Waals surface area (Å²) in [6.45, 7) is 2.04.